The Labute approximate surface area is 162 Å². The van der Waals surface area contributed by atoms with Crippen molar-refractivity contribution in [3.05, 3.63) is 56.5 Å². The van der Waals surface area contributed by atoms with Crippen LogP contribution in [0, 0.1) is 3.57 Å². The maximum Gasteiger partial charge on any atom is 0.270 e. The summed E-state index contributed by atoms with van der Waals surface area (Å²) >= 11 is 8.67. The van der Waals surface area contributed by atoms with Gasteiger partial charge in [0.05, 0.1) is 21.3 Å². The Morgan fingerprint density at radius 2 is 1.96 bits per heavy atom. The van der Waals surface area contributed by atoms with Gasteiger partial charge in [0.25, 0.3) is 5.91 Å². The zero-order chi connectivity index (χ0) is 17.3. The molecule has 1 heterocycles. The molecular weight excluding hydrogens is 457 g/mol. The number of hydrogen-bond donors (Lipinski definition) is 1. The molecule has 1 aliphatic heterocycles. The van der Waals surface area contributed by atoms with E-state index in [1.54, 1.807) is 49.6 Å². The molecule has 2 aromatic carbocycles. The molecule has 0 bridgehead atoms. The first-order valence-electron chi connectivity index (χ1n) is 6.90. The number of amides is 1. The summed E-state index contributed by atoms with van der Waals surface area (Å²) in [6.07, 6.45) is 1.78. The van der Waals surface area contributed by atoms with Crippen LogP contribution in [-0.4, -0.2) is 22.4 Å². The highest BCUT2D eigenvalue weighted by Gasteiger charge is 2.33. The van der Waals surface area contributed by atoms with Crippen LogP contribution in [0.5, 0.6) is 11.5 Å². The number of thioether (sulfide) groups is 1. The summed E-state index contributed by atoms with van der Waals surface area (Å²) in [6, 6.07) is 12.4. The largest absolute Gasteiger partial charge is 0.507 e. The third-order valence-corrected chi connectivity index (χ3v) is 5.56. The SMILES string of the molecule is COc1ccc(N2C(=O)/C(=C\c3ccc(O)c(I)c3)SC2=S)cc1. The molecule has 122 valence electrons. The normalized spacial score (nSPS) is 16.1. The number of aromatic hydroxyl groups is 1. The number of methoxy groups -OCH3 is 1. The number of rotatable bonds is 3. The minimum atomic E-state index is -0.154. The van der Waals surface area contributed by atoms with E-state index in [0.717, 1.165) is 14.9 Å². The average Bonchev–Trinajstić information content (AvgIpc) is 2.85. The van der Waals surface area contributed by atoms with Crippen molar-refractivity contribution in [1.82, 2.24) is 0 Å². The van der Waals surface area contributed by atoms with Gasteiger partial charge in [-0.15, -0.1) is 0 Å². The van der Waals surface area contributed by atoms with Crippen LogP contribution < -0.4 is 9.64 Å². The van der Waals surface area contributed by atoms with Gasteiger partial charge in [0.2, 0.25) is 0 Å². The van der Waals surface area contributed by atoms with Crippen LogP contribution in [0.25, 0.3) is 6.08 Å². The number of phenols is 1. The Morgan fingerprint density at radius 1 is 1.25 bits per heavy atom. The Kier molecular flexibility index (Phi) is 5.12. The first-order valence-corrected chi connectivity index (χ1v) is 9.20. The molecule has 3 rings (SSSR count). The van der Waals surface area contributed by atoms with Crippen molar-refractivity contribution < 1.29 is 14.6 Å². The van der Waals surface area contributed by atoms with Crippen molar-refractivity contribution in [3.63, 3.8) is 0 Å². The summed E-state index contributed by atoms with van der Waals surface area (Å²) in [7, 11) is 1.59. The van der Waals surface area contributed by atoms with Crippen LogP contribution in [0.2, 0.25) is 0 Å². The summed E-state index contributed by atoms with van der Waals surface area (Å²) in [6.45, 7) is 0. The van der Waals surface area contributed by atoms with Crippen LogP contribution in [0.3, 0.4) is 0 Å². The van der Waals surface area contributed by atoms with Crippen LogP contribution in [0.15, 0.2) is 47.4 Å². The smallest absolute Gasteiger partial charge is 0.270 e. The Bertz CT molecular complexity index is 849. The van der Waals surface area contributed by atoms with Gasteiger partial charge < -0.3 is 9.84 Å². The highest BCUT2D eigenvalue weighted by atomic mass is 127. The van der Waals surface area contributed by atoms with E-state index < -0.39 is 0 Å². The van der Waals surface area contributed by atoms with Crippen LogP contribution >= 0.6 is 46.6 Å². The Morgan fingerprint density at radius 3 is 2.58 bits per heavy atom. The van der Waals surface area contributed by atoms with Gasteiger partial charge in [-0.25, -0.2) is 0 Å². The van der Waals surface area contributed by atoms with E-state index in [9.17, 15) is 9.90 Å². The summed E-state index contributed by atoms with van der Waals surface area (Å²) < 4.78 is 6.35. The van der Waals surface area contributed by atoms with E-state index in [2.05, 4.69) is 0 Å². The van der Waals surface area contributed by atoms with Crippen LogP contribution in [0.1, 0.15) is 5.56 Å². The number of anilines is 1. The molecule has 2 aromatic rings. The number of thiocarbonyl (C=S) groups is 1. The van der Waals surface area contributed by atoms with Crippen molar-refractivity contribution in [1.29, 1.82) is 0 Å². The summed E-state index contributed by atoms with van der Waals surface area (Å²) in [5.41, 5.74) is 1.55. The molecule has 0 aliphatic carbocycles. The quantitative estimate of drug-likeness (QED) is 0.410. The van der Waals surface area contributed by atoms with Crippen LogP contribution in [0.4, 0.5) is 5.69 Å². The molecule has 1 N–H and O–H groups in total. The number of carbonyl (C=O) groups is 1. The molecule has 0 saturated carbocycles. The third kappa shape index (κ3) is 3.42. The van der Waals surface area contributed by atoms with Crippen LogP contribution in [-0.2, 0) is 4.79 Å². The van der Waals surface area contributed by atoms with Crippen molar-refractivity contribution >= 4 is 68.6 Å². The number of ether oxygens (including phenoxy) is 1. The Hall–Kier alpha value is -1.58. The number of phenolic OH excluding ortho intramolecular Hbond substituents is 1. The molecule has 0 aromatic heterocycles. The standard InChI is InChI=1S/C17H12INO3S2/c1-22-12-5-3-11(4-6-12)19-16(21)15(24-17(19)23)9-10-2-7-14(20)13(18)8-10/h2-9,20H,1H3/b15-9+. The van der Waals surface area contributed by atoms with Gasteiger partial charge in [-0.2, -0.15) is 0 Å². The molecule has 7 heteroatoms. The fourth-order valence-corrected chi connectivity index (χ4v) is 4.02. The van der Waals surface area contributed by atoms with Gasteiger partial charge in [-0.1, -0.05) is 30.0 Å². The lowest BCUT2D eigenvalue weighted by Crippen LogP contribution is -2.27. The van der Waals surface area contributed by atoms with Gasteiger partial charge in [-0.3, -0.25) is 9.69 Å². The van der Waals surface area contributed by atoms with Gasteiger partial charge in [0.15, 0.2) is 4.32 Å². The molecule has 0 atom stereocenters. The number of halogens is 1. The summed E-state index contributed by atoms with van der Waals surface area (Å²) in [5.74, 6) is 0.787. The average molecular weight is 469 g/mol. The molecule has 0 radical (unpaired) electrons. The summed E-state index contributed by atoms with van der Waals surface area (Å²) in [5, 5.41) is 9.59. The molecular formula is C17H12INO3S2. The maximum atomic E-state index is 12.7. The lowest BCUT2D eigenvalue weighted by molar-refractivity contribution is -0.113. The van der Waals surface area contributed by atoms with Gasteiger partial charge >= 0.3 is 0 Å². The first-order chi connectivity index (χ1) is 11.5. The molecule has 0 spiro atoms. The van der Waals surface area contributed by atoms with E-state index in [0.29, 0.717) is 14.9 Å². The second-order valence-electron chi connectivity index (χ2n) is 4.93. The molecule has 1 amide bonds. The first kappa shape index (κ1) is 17.2. The second-order valence-corrected chi connectivity index (χ2v) is 7.76. The number of nitrogens with zero attached hydrogens (tertiary/aromatic N) is 1. The fraction of sp³-hybridized carbons (Fsp3) is 0.0588. The molecule has 1 aliphatic rings. The minimum Gasteiger partial charge on any atom is -0.507 e. The zero-order valence-electron chi connectivity index (χ0n) is 12.5. The molecule has 1 fully saturated rings. The van der Waals surface area contributed by atoms with E-state index in [1.807, 2.05) is 28.7 Å². The second kappa shape index (κ2) is 7.12. The van der Waals surface area contributed by atoms with Crippen molar-refractivity contribution in [2.24, 2.45) is 0 Å². The monoisotopic (exact) mass is 469 g/mol. The van der Waals surface area contributed by atoms with Gasteiger partial charge in [-0.05, 0) is 70.6 Å². The number of benzene rings is 2. The predicted octanol–water partition coefficient (Wildman–Crippen LogP) is 4.41. The highest BCUT2D eigenvalue weighted by Crippen LogP contribution is 2.36. The topological polar surface area (TPSA) is 49.8 Å². The van der Waals surface area contributed by atoms with E-state index in [-0.39, 0.29) is 11.7 Å². The van der Waals surface area contributed by atoms with Crippen molar-refractivity contribution in [2.45, 2.75) is 0 Å². The van der Waals surface area contributed by atoms with Crippen molar-refractivity contribution in [2.75, 3.05) is 12.0 Å². The summed E-state index contributed by atoms with van der Waals surface area (Å²) in [4.78, 5) is 14.8. The Balaban J connectivity index is 1.90. The zero-order valence-corrected chi connectivity index (χ0v) is 16.3. The molecule has 24 heavy (non-hydrogen) atoms. The highest BCUT2D eigenvalue weighted by molar-refractivity contribution is 14.1. The van der Waals surface area contributed by atoms with E-state index in [1.165, 1.54) is 16.7 Å². The fourth-order valence-electron chi connectivity index (χ4n) is 2.19. The maximum absolute atomic E-state index is 12.7. The number of carbonyl (C=O) groups excluding carboxylic acids is 1. The molecule has 4 nitrogen and oxygen atoms in total. The lowest BCUT2D eigenvalue weighted by Gasteiger charge is -2.14. The minimum absolute atomic E-state index is 0.154. The molecule has 0 unspecified atom stereocenters. The molecule has 1 saturated heterocycles. The third-order valence-electron chi connectivity index (χ3n) is 3.39. The van der Waals surface area contributed by atoms with Gasteiger partial charge in [0, 0.05) is 0 Å². The van der Waals surface area contributed by atoms with Gasteiger partial charge in [0.1, 0.15) is 11.5 Å². The van der Waals surface area contributed by atoms with Crippen molar-refractivity contribution in [3.8, 4) is 11.5 Å². The number of hydrogen-bond acceptors (Lipinski definition) is 5. The van der Waals surface area contributed by atoms with E-state index in [4.69, 9.17) is 17.0 Å². The lowest BCUT2D eigenvalue weighted by atomic mass is 10.2. The predicted molar refractivity (Wildman–Crippen MR) is 109 cm³/mol. The van der Waals surface area contributed by atoms with E-state index >= 15 is 0 Å².